The summed E-state index contributed by atoms with van der Waals surface area (Å²) in [6, 6.07) is 17.2. The van der Waals surface area contributed by atoms with E-state index in [1.165, 1.54) is 6.08 Å². The maximum Gasteiger partial charge on any atom is 0.255 e. The van der Waals surface area contributed by atoms with Gasteiger partial charge in [0.1, 0.15) is 5.75 Å². The van der Waals surface area contributed by atoms with E-state index in [1.54, 1.807) is 61.7 Å². The SMILES string of the molecule is COc1c(Br)cc(Br)cc1/C=C/C(=O)NC(=S)Nc1ccc(NC(=O)c2cccc(Cl)c2)cc1. The first-order valence-electron chi connectivity index (χ1n) is 9.75. The molecule has 0 aliphatic rings. The number of methoxy groups -OCH3 is 1. The third-order valence-corrected chi connectivity index (χ3v) is 5.87. The molecule has 0 aliphatic heterocycles. The van der Waals surface area contributed by atoms with Gasteiger partial charge in [-0.1, -0.05) is 33.6 Å². The van der Waals surface area contributed by atoms with Gasteiger partial charge in [0.05, 0.1) is 11.6 Å². The minimum atomic E-state index is -0.402. The van der Waals surface area contributed by atoms with Crippen LogP contribution in [0.2, 0.25) is 5.02 Å². The summed E-state index contributed by atoms with van der Waals surface area (Å²) < 4.78 is 6.96. The fraction of sp³-hybridized carbons (Fsp3) is 0.0417. The fourth-order valence-corrected chi connectivity index (χ4v) is 4.70. The number of rotatable bonds is 6. The van der Waals surface area contributed by atoms with Crippen molar-refractivity contribution in [1.29, 1.82) is 0 Å². The van der Waals surface area contributed by atoms with Crippen LogP contribution >= 0.6 is 55.7 Å². The van der Waals surface area contributed by atoms with Crippen molar-refractivity contribution in [3.8, 4) is 5.75 Å². The van der Waals surface area contributed by atoms with Crippen LogP contribution in [-0.2, 0) is 4.79 Å². The Morgan fingerprint density at radius 3 is 2.32 bits per heavy atom. The maximum absolute atomic E-state index is 12.3. The van der Waals surface area contributed by atoms with Gasteiger partial charge in [0.25, 0.3) is 5.91 Å². The van der Waals surface area contributed by atoms with Gasteiger partial charge in [0.2, 0.25) is 5.91 Å². The zero-order valence-electron chi connectivity index (χ0n) is 17.7. The number of hydrogen-bond donors (Lipinski definition) is 3. The molecule has 3 aromatic rings. The Morgan fingerprint density at radius 1 is 1.00 bits per heavy atom. The van der Waals surface area contributed by atoms with E-state index in [2.05, 4.69) is 47.8 Å². The molecule has 174 valence electrons. The summed E-state index contributed by atoms with van der Waals surface area (Å²) in [6.07, 6.45) is 2.99. The van der Waals surface area contributed by atoms with Gasteiger partial charge in [0, 0.05) is 38.1 Å². The molecule has 0 atom stereocenters. The first kappa shape index (κ1) is 25.9. The van der Waals surface area contributed by atoms with E-state index >= 15 is 0 Å². The van der Waals surface area contributed by atoms with Crippen molar-refractivity contribution in [3.05, 3.63) is 91.8 Å². The number of nitrogens with one attached hydrogen (secondary N) is 3. The second kappa shape index (κ2) is 12.1. The molecular weight excluding hydrogens is 606 g/mol. The lowest BCUT2D eigenvalue weighted by Crippen LogP contribution is -2.32. The predicted molar refractivity (Wildman–Crippen MR) is 148 cm³/mol. The van der Waals surface area contributed by atoms with Gasteiger partial charge in [-0.05, 0) is 88.8 Å². The second-order valence-corrected chi connectivity index (χ2v) is 9.44. The van der Waals surface area contributed by atoms with Gasteiger partial charge in [0.15, 0.2) is 5.11 Å². The van der Waals surface area contributed by atoms with Crippen molar-refractivity contribution >= 4 is 90.1 Å². The quantitative estimate of drug-likeness (QED) is 0.212. The third kappa shape index (κ3) is 7.39. The number of amides is 2. The molecule has 0 spiro atoms. The Balaban J connectivity index is 1.55. The molecule has 0 bridgehead atoms. The van der Waals surface area contributed by atoms with Crippen molar-refractivity contribution in [2.45, 2.75) is 0 Å². The summed E-state index contributed by atoms with van der Waals surface area (Å²) in [7, 11) is 1.55. The smallest absolute Gasteiger partial charge is 0.255 e. The van der Waals surface area contributed by atoms with Crippen LogP contribution in [0, 0.1) is 0 Å². The van der Waals surface area contributed by atoms with E-state index in [4.69, 9.17) is 28.6 Å². The topological polar surface area (TPSA) is 79.5 Å². The Labute approximate surface area is 224 Å². The largest absolute Gasteiger partial charge is 0.495 e. The highest BCUT2D eigenvalue weighted by atomic mass is 79.9. The molecule has 0 unspecified atom stereocenters. The van der Waals surface area contributed by atoms with E-state index in [0.717, 1.165) is 8.95 Å². The number of carbonyl (C=O) groups is 2. The van der Waals surface area contributed by atoms with Crippen molar-refractivity contribution in [3.63, 3.8) is 0 Å². The molecule has 10 heteroatoms. The first-order chi connectivity index (χ1) is 16.2. The lowest BCUT2D eigenvalue weighted by atomic mass is 10.2. The van der Waals surface area contributed by atoms with Crippen LogP contribution in [0.3, 0.4) is 0 Å². The van der Waals surface area contributed by atoms with Crippen molar-refractivity contribution in [1.82, 2.24) is 5.32 Å². The Bertz CT molecular complexity index is 1270. The zero-order valence-corrected chi connectivity index (χ0v) is 22.4. The van der Waals surface area contributed by atoms with Gasteiger partial charge in [-0.15, -0.1) is 0 Å². The second-order valence-electron chi connectivity index (χ2n) is 6.83. The molecule has 3 N–H and O–H groups in total. The van der Waals surface area contributed by atoms with Crippen LogP contribution in [0.25, 0.3) is 6.08 Å². The Hall–Kier alpha value is -2.72. The number of halogens is 3. The lowest BCUT2D eigenvalue weighted by molar-refractivity contribution is -0.115. The highest BCUT2D eigenvalue weighted by molar-refractivity contribution is 9.11. The minimum Gasteiger partial charge on any atom is -0.495 e. The van der Waals surface area contributed by atoms with Crippen molar-refractivity contribution in [2.24, 2.45) is 0 Å². The standard InChI is InChI=1S/C24H18Br2ClN3O3S/c1-33-22-14(11-16(25)13-20(22)26)5-10-21(31)30-24(34)29-19-8-6-18(7-9-19)28-23(32)15-3-2-4-17(27)12-15/h2-13H,1H3,(H,28,32)(H2,29,30,31,34)/b10-5+. The normalized spacial score (nSPS) is 10.6. The molecule has 3 aromatic carbocycles. The van der Waals surface area contributed by atoms with Crippen LogP contribution in [0.1, 0.15) is 15.9 Å². The molecule has 0 saturated heterocycles. The average molecular weight is 624 g/mol. The lowest BCUT2D eigenvalue weighted by Gasteiger charge is -2.10. The number of thiocarbonyl (C=S) groups is 1. The third-order valence-electron chi connectivity index (χ3n) is 4.38. The van der Waals surface area contributed by atoms with Crippen LogP contribution in [0.15, 0.2) is 75.7 Å². The zero-order chi connectivity index (χ0) is 24.7. The van der Waals surface area contributed by atoms with Crippen LogP contribution in [-0.4, -0.2) is 24.0 Å². The van der Waals surface area contributed by atoms with Crippen LogP contribution < -0.4 is 20.7 Å². The van der Waals surface area contributed by atoms with Gasteiger partial charge in [-0.25, -0.2) is 0 Å². The molecule has 0 heterocycles. The van der Waals surface area contributed by atoms with E-state index in [-0.39, 0.29) is 11.0 Å². The van der Waals surface area contributed by atoms with Crippen molar-refractivity contribution < 1.29 is 14.3 Å². The highest BCUT2D eigenvalue weighted by Gasteiger charge is 2.09. The highest BCUT2D eigenvalue weighted by Crippen LogP contribution is 2.33. The fourth-order valence-electron chi connectivity index (χ4n) is 2.87. The molecule has 0 aromatic heterocycles. The molecule has 0 saturated carbocycles. The molecule has 2 amide bonds. The summed E-state index contributed by atoms with van der Waals surface area (Å²) >= 11 is 18.0. The molecule has 0 aliphatic carbocycles. The van der Waals surface area contributed by atoms with Crippen LogP contribution in [0.4, 0.5) is 11.4 Å². The van der Waals surface area contributed by atoms with E-state index < -0.39 is 5.91 Å². The Kier molecular flexibility index (Phi) is 9.23. The van der Waals surface area contributed by atoms with Gasteiger partial charge >= 0.3 is 0 Å². The van der Waals surface area contributed by atoms with E-state index in [0.29, 0.717) is 33.3 Å². The molecule has 0 radical (unpaired) electrons. The van der Waals surface area contributed by atoms with Crippen LogP contribution in [0.5, 0.6) is 5.75 Å². The summed E-state index contributed by atoms with van der Waals surface area (Å²) in [4.78, 5) is 24.6. The summed E-state index contributed by atoms with van der Waals surface area (Å²) in [5.74, 6) is -0.0663. The predicted octanol–water partition coefficient (Wildman–Crippen LogP) is 6.65. The minimum absolute atomic E-state index is 0.132. The summed E-state index contributed by atoms with van der Waals surface area (Å²) in [5, 5.41) is 8.93. The summed E-state index contributed by atoms with van der Waals surface area (Å²) in [6.45, 7) is 0. The molecular formula is C24H18Br2ClN3O3S. The molecule has 6 nitrogen and oxygen atoms in total. The average Bonchev–Trinajstić information content (AvgIpc) is 2.78. The monoisotopic (exact) mass is 621 g/mol. The number of carbonyl (C=O) groups excluding carboxylic acids is 2. The summed E-state index contributed by atoms with van der Waals surface area (Å²) in [5.41, 5.74) is 2.42. The van der Waals surface area contributed by atoms with Gasteiger partial charge in [-0.3, -0.25) is 14.9 Å². The van der Waals surface area contributed by atoms with Gasteiger partial charge in [-0.2, -0.15) is 0 Å². The van der Waals surface area contributed by atoms with Crippen molar-refractivity contribution in [2.75, 3.05) is 17.7 Å². The Morgan fingerprint density at radius 2 is 1.68 bits per heavy atom. The first-order valence-corrected chi connectivity index (χ1v) is 12.1. The number of anilines is 2. The van der Waals surface area contributed by atoms with Gasteiger partial charge < -0.3 is 15.4 Å². The maximum atomic E-state index is 12.3. The van der Waals surface area contributed by atoms with E-state index in [9.17, 15) is 9.59 Å². The van der Waals surface area contributed by atoms with E-state index in [1.807, 2.05) is 12.1 Å². The molecule has 3 rings (SSSR count). The number of hydrogen-bond acceptors (Lipinski definition) is 4. The number of ether oxygens (including phenoxy) is 1. The molecule has 0 fully saturated rings. The number of benzene rings is 3. The molecule has 34 heavy (non-hydrogen) atoms.